The lowest BCUT2D eigenvalue weighted by Gasteiger charge is -2.48. The number of amides is 2. The third kappa shape index (κ3) is 5.04. The van der Waals surface area contributed by atoms with E-state index in [4.69, 9.17) is 15.7 Å². The van der Waals surface area contributed by atoms with Crippen molar-refractivity contribution in [3.63, 3.8) is 0 Å². The van der Waals surface area contributed by atoms with Crippen LogP contribution in [0.1, 0.15) is 29.7 Å². The summed E-state index contributed by atoms with van der Waals surface area (Å²) in [5, 5.41) is 11.6. The number of urea groups is 1. The zero-order chi connectivity index (χ0) is 26.6. The van der Waals surface area contributed by atoms with Gasteiger partial charge in [-0.15, -0.1) is 0 Å². The van der Waals surface area contributed by atoms with Gasteiger partial charge in [0.15, 0.2) is 6.29 Å². The van der Waals surface area contributed by atoms with Crippen LogP contribution in [0.4, 0.5) is 23.7 Å². The topological polar surface area (TPSA) is 112 Å². The molecule has 0 aromatic heterocycles. The Labute approximate surface area is 206 Å². The fourth-order valence-corrected chi connectivity index (χ4v) is 4.03. The van der Waals surface area contributed by atoms with E-state index in [1.165, 1.54) is 49.2 Å². The molecule has 1 aliphatic heterocycles. The molecule has 2 amide bonds. The van der Waals surface area contributed by atoms with Gasteiger partial charge in [0.05, 0.1) is 28.8 Å². The highest BCUT2D eigenvalue weighted by molar-refractivity contribution is 5.94. The first-order valence-electron chi connectivity index (χ1n) is 10.8. The van der Waals surface area contributed by atoms with Gasteiger partial charge in [0.2, 0.25) is 0 Å². The van der Waals surface area contributed by atoms with Gasteiger partial charge < -0.3 is 15.0 Å². The van der Waals surface area contributed by atoms with Crippen LogP contribution in [0.2, 0.25) is 0 Å². The van der Waals surface area contributed by atoms with E-state index >= 15 is 0 Å². The molecule has 1 heterocycles. The Kier molecular flexibility index (Phi) is 7.70. The standard InChI is InChI=1S/C25H24F3N5O3/c1-4-12-36-22(34)20-15(2)32(19-7-5-6-18(13-19)25(26,27)28)23(30)33(24(35)31-3)21(20)17-10-8-16(14-29)9-11-17/h4-11,13,21,23H,1,12,30H2,2-3H3,(H,31,35). The molecule has 1 aliphatic rings. The van der Waals surface area contributed by atoms with Crippen molar-refractivity contribution in [2.75, 3.05) is 18.6 Å². The molecular weight excluding hydrogens is 475 g/mol. The molecule has 0 saturated carbocycles. The number of ether oxygens (including phenoxy) is 1. The number of nitrogens with two attached hydrogens (primary N) is 1. The lowest BCUT2D eigenvalue weighted by molar-refractivity contribution is -0.139. The zero-order valence-electron chi connectivity index (χ0n) is 19.5. The Morgan fingerprint density at radius 1 is 1.25 bits per heavy atom. The molecule has 8 nitrogen and oxygen atoms in total. The molecule has 0 bridgehead atoms. The van der Waals surface area contributed by atoms with Crippen molar-refractivity contribution >= 4 is 17.7 Å². The maximum absolute atomic E-state index is 13.4. The lowest BCUT2D eigenvalue weighted by Crippen LogP contribution is -2.62. The van der Waals surface area contributed by atoms with E-state index in [1.54, 1.807) is 12.1 Å². The number of hydrogen-bond donors (Lipinski definition) is 2. The molecule has 36 heavy (non-hydrogen) atoms. The number of benzene rings is 2. The van der Waals surface area contributed by atoms with Gasteiger partial charge in [0.1, 0.15) is 6.61 Å². The smallest absolute Gasteiger partial charge is 0.416 e. The fraction of sp³-hybridized carbons (Fsp3) is 0.240. The number of esters is 1. The van der Waals surface area contributed by atoms with E-state index < -0.39 is 36.1 Å². The van der Waals surface area contributed by atoms with Crippen LogP contribution in [-0.2, 0) is 15.7 Å². The lowest BCUT2D eigenvalue weighted by atomic mass is 9.92. The van der Waals surface area contributed by atoms with Gasteiger partial charge in [0, 0.05) is 18.4 Å². The molecule has 188 valence electrons. The van der Waals surface area contributed by atoms with Crippen molar-refractivity contribution in [2.45, 2.75) is 25.4 Å². The number of nitrogens with zero attached hydrogens (tertiary/aromatic N) is 3. The zero-order valence-corrected chi connectivity index (χ0v) is 19.5. The summed E-state index contributed by atoms with van der Waals surface area (Å²) in [6.45, 7) is 4.90. The van der Waals surface area contributed by atoms with Crippen molar-refractivity contribution in [3.05, 3.63) is 89.1 Å². The monoisotopic (exact) mass is 499 g/mol. The van der Waals surface area contributed by atoms with Gasteiger partial charge in [-0.1, -0.05) is 30.9 Å². The van der Waals surface area contributed by atoms with Gasteiger partial charge in [0.25, 0.3) is 0 Å². The molecular formula is C25H24F3N5O3. The second-order valence-corrected chi connectivity index (χ2v) is 7.82. The maximum atomic E-state index is 13.4. The average molecular weight is 499 g/mol. The summed E-state index contributed by atoms with van der Waals surface area (Å²) >= 11 is 0. The average Bonchev–Trinajstić information content (AvgIpc) is 2.86. The first-order valence-corrected chi connectivity index (χ1v) is 10.8. The minimum Gasteiger partial charge on any atom is -0.458 e. The molecule has 0 fully saturated rings. The number of hydrogen-bond acceptors (Lipinski definition) is 6. The van der Waals surface area contributed by atoms with E-state index in [9.17, 15) is 22.8 Å². The van der Waals surface area contributed by atoms with Crippen LogP contribution in [0.25, 0.3) is 0 Å². The highest BCUT2D eigenvalue weighted by atomic mass is 19.4. The second-order valence-electron chi connectivity index (χ2n) is 7.82. The van der Waals surface area contributed by atoms with Gasteiger partial charge >= 0.3 is 18.2 Å². The van der Waals surface area contributed by atoms with Gasteiger partial charge in [-0.05, 0) is 42.8 Å². The number of allylic oxidation sites excluding steroid dienone is 1. The van der Waals surface area contributed by atoms with Crippen LogP contribution in [0.3, 0.4) is 0 Å². The number of halogens is 3. The second kappa shape index (κ2) is 10.5. The van der Waals surface area contributed by atoms with Crippen LogP contribution in [0.15, 0.2) is 72.5 Å². The van der Waals surface area contributed by atoms with E-state index in [0.29, 0.717) is 11.1 Å². The number of alkyl halides is 3. The molecule has 2 aromatic carbocycles. The minimum absolute atomic E-state index is 0.00994. The predicted octanol–water partition coefficient (Wildman–Crippen LogP) is 4.03. The Bertz CT molecular complexity index is 1230. The summed E-state index contributed by atoms with van der Waals surface area (Å²) in [6.07, 6.45) is -4.56. The Hall–Kier alpha value is -4.30. The number of nitrogens with one attached hydrogen (secondary N) is 1. The largest absolute Gasteiger partial charge is 0.458 e. The summed E-state index contributed by atoms with van der Waals surface area (Å²) in [7, 11) is 1.36. The first-order chi connectivity index (χ1) is 17.0. The highest BCUT2D eigenvalue weighted by Crippen LogP contribution is 2.41. The summed E-state index contributed by atoms with van der Waals surface area (Å²) < 4.78 is 45.6. The highest BCUT2D eigenvalue weighted by Gasteiger charge is 2.45. The number of nitriles is 1. The molecule has 0 spiro atoms. The quantitative estimate of drug-likeness (QED) is 0.475. The van der Waals surface area contributed by atoms with Gasteiger partial charge in [-0.3, -0.25) is 10.6 Å². The Morgan fingerprint density at radius 3 is 2.47 bits per heavy atom. The Morgan fingerprint density at radius 2 is 1.92 bits per heavy atom. The van der Waals surface area contributed by atoms with E-state index in [1.807, 2.05) is 6.07 Å². The predicted molar refractivity (Wildman–Crippen MR) is 126 cm³/mol. The minimum atomic E-state index is -4.62. The van der Waals surface area contributed by atoms with E-state index in [0.717, 1.165) is 17.0 Å². The number of carbonyl (C=O) groups is 2. The maximum Gasteiger partial charge on any atom is 0.416 e. The third-order valence-corrected chi connectivity index (χ3v) is 5.66. The van der Waals surface area contributed by atoms with Crippen LogP contribution in [0, 0.1) is 11.3 Å². The first kappa shape index (κ1) is 26.3. The fourth-order valence-electron chi connectivity index (χ4n) is 4.03. The molecule has 11 heteroatoms. The summed E-state index contributed by atoms with van der Waals surface area (Å²) in [5.41, 5.74) is 6.58. The normalized spacial score (nSPS) is 17.9. The van der Waals surface area contributed by atoms with Crippen LogP contribution in [0.5, 0.6) is 0 Å². The SMILES string of the molecule is C=CCOC(=O)C1=C(C)N(c2cccc(C(F)(F)F)c2)C(N)N(C(=O)NC)C1c1ccc(C#N)cc1. The number of carbonyl (C=O) groups excluding carboxylic acids is 2. The molecule has 2 aromatic rings. The molecule has 3 N–H and O–H groups in total. The van der Waals surface area contributed by atoms with Crippen molar-refractivity contribution in [1.29, 1.82) is 5.26 Å². The number of rotatable bonds is 5. The van der Waals surface area contributed by atoms with E-state index in [-0.39, 0.29) is 23.6 Å². The van der Waals surface area contributed by atoms with Gasteiger partial charge in [-0.25, -0.2) is 9.59 Å². The van der Waals surface area contributed by atoms with Crippen molar-refractivity contribution < 1.29 is 27.5 Å². The van der Waals surface area contributed by atoms with E-state index in [2.05, 4.69) is 11.9 Å². The summed E-state index contributed by atoms with van der Waals surface area (Å²) in [6, 6.07) is 10.8. The molecule has 0 radical (unpaired) electrons. The van der Waals surface area contributed by atoms with Crippen molar-refractivity contribution in [3.8, 4) is 6.07 Å². The summed E-state index contributed by atoms with van der Waals surface area (Å²) in [5.74, 6) is -0.806. The van der Waals surface area contributed by atoms with Crippen LogP contribution >= 0.6 is 0 Å². The van der Waals surface area contributed by atoms with Crippen molar-refractivity contribution in [2.24, 2.45) is 5.73 Å². The van der Waals surface area contributed by atoms with Crippen LogP contribution in [-0.4, -0.2) is 36.8 Å². The number of anilines is 1. The molecule has 2 unspecified atom stereocenters. The summed E-state index contributed by atoms with van der Waals surface area (Å²) in [4.78, 5) is 28.7. The molecule has 2 atom stereocenters. The molecule has 0 aliphatic carbocycles. The molecule has 0 saturated heterocycles. The van der Waals surface area contributed by atoms with Crippen LogP contribution < -0.4 is 16.0 Å². The molecule has 3 rings (SSSR count). The van der Waals surface area contributed by atoms with Gasteiger partial charge in [-0.2, -0.15) is 18.4 Å². The van der Waals surface area contributed by atoms with Crippen molar-refractivity contribution in [1.82, 2.24) is 10.2 Å². The Balaban J connectivity index is 2.29. The third-order valence-electron chi connectivity index (χ3n) is 5.66.